The first-order chi connectivity index (χ1) is 16.7. The molecule has 0 radical (unpaired) electrons. The van der Waals surface area contributed by atoms with Crippen LogP contribution < -0.4 is 5.73 Å². The number of carbonyl (C=O) groups is 2. The van der Waals surface area contributed by atoms with Gasteiger partial charge in [0.25, 0.3) is 5.91 Å². The highest BCUT2D eigenvalue weighted by atomic mass is 32.2. The minimum Gasteiger partial charge on any atom is -0.368 e. The zero-order valence-corrected chi connectivity index (χ0v) is 19.9. The van der Waals surface area contributed by atoms with Gasteiger partial charge in [-0.05, 0) is 67.3 Å². The number of halogens is 4. The van der Waals surface area contributed by atoms with Crippen molar-refractivity contribution in [3.05, 3.63) is 59.2 Å². The molecule has 2 N–H and O–H groups in total. The lowest BCUT2D eigenvalue weighted by atomic mass is 9.82. The monoisotopic (exact) mass is 525 g/mol. The Morgan fingerprint density at radius 2 is 1.89 bits per heavy atom. The molecule has 3 fully saturated rings. The predicted molar refractivity (Wildman–Crippen MR) is 119 cm³/mol. The molecule has 12 heteroatoms. The van der Waals surface area contributed by atoms with E-state index in [0.29, 0.717) is 25.3 Å². The van der Waals surface area contributed by atoms with Gasteiger partial charge in [0.15, 0.2) is 9.84 Å². The molecule has 1 aromatic heterocycles. The lowest BCUT2D eigenvalue weighted by Gasteiger charge is -2.38. The van der Waals surface area contributed by atoms with Gasteiger partial charge in [0.1, 0.15) is 17.6 Å². The molecule has 192 valence electrons. The number of pyridine rings is 1. The molecule has 7 nitrogen and oxygen atoms in total. The number of hydrogen-bond acceptors (Lipinski definition) is 5. The maximum Gasteiger partial charge on any atom is 0.416 e. The molecule has 0 spiro atoms. The SMILES string of the molecule is CS(=O)(=O)c1ccnc(C(=O)N2C(C(N)=O)CC3CC32[C@@H](c2ccc(C(F)(F)F)cc2F)C2CC2)c1. The molecule has 3 aliphatic rings. The summed E-state index contributed by atoms with van der Waals surface area (Å²) in [5, 5.41) is 0. The van der Waals surface area contributed by atoms with E-state index >= 15 is 4.39 Å². The summed E-state index contributed by atoms with van der Waals surface area (Å²) in [5.41, 5.74) is 3.34. The highest BCUT2D eigenvalue weighted by Crippen LogP contribution is 2.69. The second-order valence-electron chi connectivity index (χ2n) is 9.92. The number of likely N-dealkylation sites (tertiary alicyclic amines) is 1. The molecular formula is C24H23F4N3O4S. The maximum atomic E-state index is 15.2. The van der Waals surface area contributed by atoms with Crippen LogP contribution in [-0.4, -0.2) is 48.0 Å². The maximum absolute atomic E-state index is 15.2. The second kappa shape index (κ2) is 7.99. The van der Waals surface area contributed by atoms with Gasteiger partial charge in [-0.3, -0.25) is 14.6 Å². The van der Waals surface area contributed by atoms with E-state index in [1.807, 2.05) is 0 Å². The van der Waals surface area contributed by atoms with Crippen molar-refractivity contribution in [1.82, 2.24) is 9.88 Å². The van der Waals surface area contributed by atoms with Crippen molar-refractivity contribution in [3.8, 4) is 0 Å². The number of hydrogen-bond donors (Lipinski definition) is 1. The third-order valence-electron chi connectivity index (χ3n) is 7.61. The van der Waals surface area contributed by atoms with Gasteiger partial charge in [0.05, 0.1) is 16.0 Å². The normalized spacial score (nSPS) is 26.4. The van der Waals surface area contributed by atoms with E-state index in [0.717, 1.165) is 24.5 Å². The van der Waals surface area contributed by atoms with E-state index in [2.05, 4.69) is 4.98 Å². The van der Waals surface area contributed by atoms with Gasteiger partial charge in [-0.1, -0.05) is 6.07 Å². The quantitative estimate of drug-likeness (QED) is 0.582. The summed E-state index contributed by atoms with van der Waals surface area (Å²) in [5.74, 6) is -3.44. The van der Waals surface area contributed by atoms with E-state index in [1.165, 1.54) is 17.2 Å². The third-order valence-corrected chi connectivity index (χ3v) is 8.72. The summed E-state index contributed by atoms with van der Waals surface area (Å²) in [6, 6.07) is 3.73. The summed E-state index contributed by atoms with van der Waals surface area (Å²) >= 11 is 0. The summed E-state index contributed by atoms with van der Waals surface area (Å²) in [7, 11) is -3.66. The van der Waals surface area contributed by atoms with E-state index in [1.54, 1.807) is 0 Å². The Kier molecular flexibility index (Phi) is 5.47. The largest absolute Gasteiger partial charge is 0.416 e. The number of primary amides is 1. The van der Waals surface area contributed by atoms with E-state index in [-0.39, 0.29) is 34.4 Å². The number of rotatable bonds is 6. The van der Waals surface area contributed by atoms with Gasteiger partial charge in [0.2, 0.25) is 5.91 Å². The Bertz CT molecular complexity index is 1380. The Balaban J connectivity index is 1.60. The summed E-state index contributed by atoms with van der Waals surface area (Å²) in [6.07, 6.45) is -0.501. The molecule has 2 aliphatic carbocycles. The van der Waals surface area contributed by atoms with Gasteiger partial charge in [-0.25, -0.2) is 12.8 Å². The number of aromatic nitrogens is 1. The first-order valence-electron chi connectivity index (χ1n) is 11.4. The van der Waals surface area contributed by atoms with Crippen molar-refractivity contribution in [1.29, 1.82) is 0 Å². The number of nitrogens with two attached hydrogens (primary N) is 1. The smallest absolute Gasteiger partial charge is 0.368 e. The minimum absolute atomic E-state index is 0.0637. The van der Waals surface area contributed by atoms with Gasteiger partial charge in [0, 0.05) is 18.4 Å². The summed E-state index contributed by atoms with van der Waals surface area (Å²) < 4.78 is 78.7. The van der Waals surface area contributed by atoms with E-state index < -0.39 is 56.7 Å². The van der Waals surface area contributed by atoms with Crippen LogP contribution in [0.5, 0.6) is 0 Å². The first kappa shape index (κ1) is 24.7. The Morgan fingerprint density at radius 1 is 1.19 bits per heavy atom. The van der Waals surface area contributed by atoms with Crippen molar-refractivity contribution in [3.63, 3.8) is 0 Å². The van der Waals surface area contributed by atoms with Crippen LogP contribution in [0.4, 0.5) is 17.6 Å². The van der Waals surface area contributed by atoms with Crippen LogP contribution in [0.1, 0.15) is 53.2 Å². The average Bonchev–Trinajstić information content (AvgIpc) is 3.71. The number of alkyl halides is 3. The van der Waals surface area contributed by atoms with Crippen LogP contribution in [0.25, 0.3) is 0 Å². The van der Waals surface area contributed by atoms with Crippen molar-refractivity contribution in [2.24, 2.45) is 17.6 Å². The van der Waals surface area contributed by atoms with Crippen molar-refractivity contribution >= 4 is 21.7 Å². The van der Waals surface area contributed by atoms with Gasteiger partial charge >= 0.3 is 6.18 Å². The number of benzene rings is 1. The number of piperidine rings is 1. The molecular weight excluding hydrogens is 502 g/mol. The Hall–Kier alpha value is -3.02. The number of nitrogens with zero attached hydrogens (tertiary/aromatic N) is 2. The van der Waals surface area contributed by atoms with Crippen LogP contribution >= 0.6 is 0 Å². The molecule has 1 aliphatic heterocycles. The van der Waals surface area contributed by atoms with Crippen molar-refractivity contribution in [2.75, 3.05) is 6.26 Å². The fourth-order valence-corrected chi connectivity index (χ4v) is 6.52. The Labute approximate surface area is 204 Å². The van der Waals surface area contributed by atoms with Crippen molar-refractivity contribution < 1.29 is 35.6 Å². The minimum atomic E-state index is -4.71. The fourth-order valence-electron chi connectivity index (χ4n) is 5.89. The molecule has 2 saturated carbocycles. The lowest BCUT2D eigenvalue weighted by Crippen LogP contribution is -2.53. The summed E-state index contributed by atoms with van der Waals surface area (Å²) in [4.78, 5) is 31.3. The molecule has 2 heterocycles. The fraction of sp³-hybridized carbons (Fsp3) is 0.458. The highest BCUT2D eigenvalue weighted by Gasteiger charge is 2.73. The molecule has 5 rings (SSSR count). The molecule has 3 unspecified atom stereocenters. The number of carbonyl (C=O) groups excluding carboxylic acids is 2. The van der Waals surface area contributed by atoms with Crippen LogP contribution in [0.2, 0.25) is 0 Å². The van der Waals surface area contributed by atoms with Gasteiger partial charge in [-0.2, -0.15) is 13.2 Å². The predicted octanol–water partition coefficient (Wildman–Crippen LogP) is 3.30. The molecule has 2 amide bonds. The molecule has 36 heavy (non-hydrogen) atoms. The standard InChI is InChI=1S/C24H23F4N3O4S/c1-36(34,35)15-6-7-30-18(10-15)22(33)31-19(21(29)32)9-14-11-23(14,31)20(12-2-3-12)16-5-4-13(8-17(16)25)24(26,27)28/h4-8,10,12,14,19-20H,2-3,9,11H2,1H3,(H2,29,32)/t14?,19?,20-,23?/m1/s1. The first-order valence-corrected chi connectivity index (χ1v) is 13.3. The molecule has 4 atom stereocenters. The second-order valence-corrected chi connectivity index (χ2v) is 11.9. The van der Waals surface area contributed by atoms with Crippen LogP contribution in [0.15, 0.2) is 41.4 Å². The van der Waals surface area contributed by atoms with E-state index in [4.69, 9.17) is 5.73 Å². The van der Waals surface area contributed by atoms with Gasteiger partial charge in [-0.15, -0.1) is 0 Å². The average molecular weight is 526 g/mol. The third kappa shape index (κ3) is 3.95. The van der Waals surface area contributed by atoms with Crippen molar-refractivity contribution in [2.45, 2.75) is 54.3 Å². The highest BCUT2D eigenvalue weighted by molar-refractivity contribution is 7.90. The topological polar surface area (TPSA) is 110 Å². The summed E-state index contributed by atoms with van der Waals surface area (Å²) in [6.45, 7) is 0. The number of fused-ring (bicyclic) bond motifs is 1. The number of amides is 2. The molecule has 1 saturated heterocycles. The number of sulfone groups is 1. The molecule has 2 aromatic rings. The van der Waals surface area contributed by atoms with E-state index in [9.17, 15) is 31.2 Å². The molecule has 0 bridgehead atoms. The zero-order valence-electron chi connectivity index (χ0n) is 19.1. The Morgan fingerprint density at radius 3 is 2.44 bits per heavy atom. The van der Waals surface area contributed by atoms with Crippen LogP contribution in [0, 0.1) is 17.7 Å². The van der Waals surface area contributed by atoms with Gasteiger partial charge < -0.3 is 10.6 Å². The molecule has 1 aromatic carbocycles. The lowest BCUT2D eigenvalue weighted by molar-refractivity contribution is -0.137. The van der Waals surface area contributed by atoms with Crippen LogP contribution in [-0.2, 0) is 20.8 Å². The zero-order chi connectivity index (χ0) is 26.2. The van der Waals surface area contributed by atoms with Crippen LogP contribution in [0.3, 0.4) is 0 Å².